The molecule has 0 bridgehead atoms. The number of carbonyl (C=O) groups is 1. The van der Waals surface area contributed by atoms with Crippen LogP contribution in [0.5, 0.6) is 0 Å². The Morgan fingerprint density at radius 1 is 1.61 bits per heavy atom. The van der Waals surface area contributed by atoms with Crippen molar-refractivity contribution in [3.05, 3.63) is 0 Å². The first-order valence-electron chi connectivity index (χ1n) is 6.62. The molecule has 1 amide bonds. The van der Waals surface area contributed by atoms with Gasteiger partial charge in [-0.25, -0.2) is 0 Å². The van der Waals surface area contributed by atoms with Crippen LogP contribution in [0.3, 0.4) is 0 Å². The molecule has 0 spiro atoms. The van der Waals surface area contributed by atoms with Gasteiger partial charge in [-0.05, 0) is 32.4 Å². The Hall–Kier alpha value is -1.30. The maximum atomic E-state index is 12.0. The summed E-state index contributed by atoms with van der Waals surface area (Å²) in [5.41, 5.74) is 5.52. The van der Waals surface area contributed by atoms with Crippen molar-refractivity contribution in [1.29, 1.82) is 0 Å². The first kappa shape index (κ1) is 14.8. The van der Waals surface area contributed by atoms with E-state index in [1.807, 2.05) is 6.92 Å². The van der Waals surface area contributed by atoms with Gasteiger partial charge >= 0.3 is 0 Å². The number of oxime groups is 1. The van der Waals surface area contributed by atoms with Gasteiger partial charge in [-0.2, -0.15) is 0 Å². The molecule has 6 nitrogen and oxygen atoms in total. The van der Waals surface area contributed by atoms with E-state index in [4.69, 9.17) is 10.9 Å². The van der Waals surface area contributed by atoms with Gasteiger partial charge < -0.3 is 21.2 Å². The van der Waals surface area contributed by atoms with Crippen molar-refractivity contribution in [2.45, 2.75) is 39.2 Å². The fourth-order valence-electron chi connectivity index (χ4n) is 2.36. The monoisotopic (exact) mass is 256 g/mol. The zero-order valence-corrected chi connectivity index (χ0v) is 11.2. The van der Waals surface area contributed by atoms with Gasteiger partial charge in [-0.15, -0.1) is 0 Å². The summed E-state index contributed by atoms with van der Waals surface area (Å²) in [7, 11) is 0. The maximum absolute atomic E-state index is 12.0. The van der Waals surface area contributed by atoms with Crippen LogP contribution in [0.15, 0.2) is 5.16 Å². The minimum Gasteiger partial charge on any atom is -0.409 e. The minimum atomic E-state index is -0.535. The third-order valence-corrected chi connectivity index (χ3v) is 3.50. The molecule has 1 heterocycles. The van der Waals surface area contributed by atoms with E-state index in [9.17, 15) is 4.79 Å². The summed E-state index contributed by atoms with van der Waals surface area (Å²) in [6.07, 6.45) is 2.62. The number of amides is 1. The highest BCUT2D eigenvalue weighted by Crippen LogP contribution is 2.11. The number of rotatable bonds is 5. The summed E-state index contributed by atoms with van der Waals surface area (Å²) in [5.74, 6) is -0.694. The van der Waals surface area contributed by atoms with Crippen molar-refractivity contribution in [2.75, 3.05) is 19.6 Å². The Morgan fingerprint density at radius 2 is 2.33 bits per heavy atom. The van der Waals surface area contributed by atoms with Crippen molar-refractivity contribution in [1.82, 2.24) is 10.2 Å². The fourth-order valence-corrected chi connectivity index (χ4v) is 2.36. The van der Waals surface area contributed by atoms with Crippen LogP contribution in [0.25, 0.3) is 0 Å². The van der Waals surface area contributed by atoms with Crippen molar-refractivity contribution < 1.29 is 10.0 Å². The number of likely N-dealkylation sites (N-methyl/N-ethyl adjacent to an activating group) is 1. The number of likely N-dealkylation sites (tertiary alicyclic amines) is 1. The maximum Gasteiger partial charge on any atom is 0.231 e. The van der Waals surface area contributed by atoms with Crippen LogP contribution in [-0.4, -0.2) is 47.5 Å². The molecule has 18 heavy (non-hydrogen) atoms. The second kappa shape index (κ2) is 7.20. The number of nitrogens with zero attached hydrogens (tertiary/aromatic N) is 2. The Labute approximate surface area is 108 Å². The minimum absolute atomic E-state index is 0.0156. The van der Waals surface area contributed by atoms with Gasteiger partial charge in [-0.3, -0.25) is 4.79 Å². The Kier molecular flexibility index (Phi) is 5.91. The van der Waals surface area contributed by atoms with E-state index in [1.54, 1.807) is 0 Å². The molecule has 1 rings (SSSR count). The van der Waals surface area contributed by atoms with E-state index in [-0.39, 0.29) is 17.8 Å². The van der Waals surface area contributed by atoms with Crippen molar-refractivity contribution in [3.8, 4) is 0 Å². The van der Waals surface area contributed by atoms with Gasteiger partial charge in [0.05, 0.1) is 5.92 Å². The lowest BCUT2D eigenvalue weighted by Crippen LogP contribution is -2.50. The van der Waals surface area contributed by atoms with Gasteiger partial charge in [-0.1, -0.05) is 19.0 Å². The van der Waals surface area contributed by atoms with Crippen LogP contribution < -0.4 is 11.1 Å². The van der Waals surface area contributed by atoms with Crippen LogP contribution >= 0.6 is 0 Å². The molecule has 2 atom stereocenters. The van der Waals surface area contributed by atoms with Crippen LogP contribution in [-0.2, 0) is 4.79 Å². The number of nitrogens with one attached hydrogen (secondary N) is 1. The average Bonchev–Trinajstić information content (AvgIpc) is 2.39. The predicted octanol–water partition coefficient (Wildman–Crippen LogP) is 0.360. The van der Waals surface area contributed by atoms with E-state index in [2.05, 4.69) is 22.3 Å². The highest BCUT2D eigenvalue weighted by Gasteiger charge is 2.26. The molecule has 0 radical (unpaired) electrons. The summed E-state index contributed by atoms with van der Waals surface area (Å²) >= 11 is 0. The topological polar surface area (TPSA) is 91.0 Å². The van der Waals surface area contributed by atoms with Gasteiger partial charge in [0.1, 0.15) is 0 Å². The zero-order chi connectivity index (χ0) is 13.5. The van der Waals surface area contributed by atoms with Crippen LogP contribution in [0.1, 0.15) is 33.1 Å². The van der Waals surface area contributed by atoms with E-state index in [0.717, 1.165) is 32.5 Å². The predicted molar refractivity (Wildman–Crippen MR) is 70.5 cm³/mol. The van der Waals surface area contributed by atoms with Gasteiger partial charge in [0.25, 0.3) is 0 Å². The normalized spacial score (nSPS) is 23.7. The van der Waals surface area contributed by atoms with Crippen LogP contribution in [0, 0.1) is 5.92 Å². The van der Waals surface area contributed by atoms with Crippen LogP contribution in [0.2, 0.25) is 0 Å². The third-order valence-electron chi connectivity index (χ3n) is 3.50. The van der Waals surface area contributed by atoms with Crippen molar-refractivity contribution in [2.24, 2.45) is 16.8 Å². The number of carbonyl (C=O) groups excluding carboxylic acids is 1. The zero-order valence-electron chi connectivity index (χ0n) is 11.2. The second-order valence-corrected chi connectivity index (χ2v) is 4.73. The summed E-state index contributed by atoms with van der Waals surface area (Å²) in [5, 5.41) is 14.6. The Balaban J connectivity index is 2.52. The van der Waals surface area contributed by atoms with E-state index >= 15 is 0 Å². The van der Waals surface area contributed by atoms with Crippen LogP contribution in [0.4, 0.5) is 0 Å². The summed E-state index contributed by atoms with van der Waals surface area (Å²) in [4.78, 5) is 14.4. The molecular weight excluding hydrogens is 232 g/mol. The smallest absolute Gasteiger partial charge is 0.231 e. The summed E-state index contributed by atoms with van der Waals surface area (Å²) in [6.45, 7) is 6.95. The Morgan fingerprint density at radius 3 is 2.89 bits per heavy atom. The van der Waals surface area contributed by atoms with E-state index in [0.29, 0.717) is 6.42 Å². The van der Waals surface area contributed by atoms with Gasteiger partial charge in [0.15, 0.2) is 5.84 Å². The SMILES string of the molecule is CCC(C(=O)NC1CCCN(CC)C1)C(N)=NO. The van der Waals surface area contributed by atoms with Crippen molar-refractivity contribution >= 4 is 11.7 Å². The molecule has 104 valence electrons. The highest BCUT2D eigenvalue weighted by atomic mass is 16.4. The molecule has 0 aromatic rings. The number of hydrogen-bond donors (Lipinski definition) is 3. The lowest BCUT2D eigenvalue weighted by atomic mass is 10.0. The van der Waals surface area contributed by atoms with Gasteiger partial charge in [0.2, 0.25) is 5.91 Å². The molecular formula is C12H24N4O2. The van der Waals surface area contributed by atoms with Gasteiger partial charge in [0, 0.05) is 12.6 Å². The quantitative estimate of drug-likeness (QED) is 0.287. The van der Waals surface area contributed by atoms with E-state index in [1.165, 1.54) is 0 Å². The molecule has 6 heteroatoms. The molecule has 1 fully saturated rings. The van der Waals surface area contributed by atoms with E-state index < -0.39 is 5.92 Å². The van der Waals surface area contributed by atoms with Crippen molar-refractivity contribution in [3.63, 3.8) is 0 Å². The Bertz CT molecular complexity index is 306. The standard InChI is InChI=1S/C12H24N4O2/c1-3-10(11(13)15-18)12(17)14-9-6-5-7-16(4-2)8-9/h9-10,18H,3-8H2,1-2H3,(H2,13,15)(H,14,17). The second-order valence-electron chi connectivity index (χ2n) is 4.73. The molecule has 0 aromatic heterocycles. The molecule has 4 N–H and O–H groups in total. The molecule has 1 aliphatic heterocycles. The molecule has 1 aliphatic rings. The first-order valence-corrected chi connectivity index (χ1v) is 6.62. The third kappa shape index (κ3) is 3.87. The first-order chi connectivity index (χ1) is 8.62. The highest BCUT2D eigenvalue weighted by molar-refractivity contribution is 6.02. The molecule has 0 aliphatic carbocycles. The number of hydrogen-bond acceptors (Lipinski definition) is 4. The lowest BCUT2D eigenvalue weighted by Gasteiger charge is -2.32. The summed E-state index contributed by atoms with van der Waals surface area (Å²) in [6, 6.07) is 0.173. The molecule has 2 unspecified atom stereocenters. The summed E-state index contributed by atoms with van der Waals surface area (Å²) < 4.78 is 0. The number of nitrogens with two attached hydrogens (primary N) is 1. The molecule has 1 saturated heterocycles. The average molecular weight is 256 g/mol. The lowest BCUT2D eigenvalue weighted by molar-refractivity contribution is -0.124. The number of piperidine rings is 1. The largest absolute Gasteiger partial charge is 0.409 e. The molecule has 0 saturated carbocycles. The molecule has 0 aromatic carbocycles. The fraction of sp³-hybridized carbons (Fsp3) is 0.833. The number of amidine groups is 1.